The van der Waals surface area contributed by atoms with Crippen molar-refractivity contribution in [2.45, 2.75) is 44.4 Å². The monoisotopic (exact) mass is 886 g/mol. The maximum absolute atomic E-state index is 13.3. The van der Waals surface area contributed by atoms with Crippen molar-refractivity contribution < 1.29 is 55.8 Å². The molecule has 6 amide bonds. The average Bonchev–Trinajstić information content (AvgIpc) is 4.00. The number of oxazole rings is 1. The van der Waals surface area contributed by atoms with Gasteiger partial charge in [0.2, 0.25) is 17.7 Å². The normalized spacial score (nSPS) is 15.0. The van der Waals surface area contributed by atoms with Gasteiger partial charge in [-0.25, -0.2) is 14.6 Å². The van der Waals surface area contributed by atoms with Gasteiger partial charge in [-0.2, -0.15) is 18.3 Å². The molecule has 2 aliphatic heterocycles. The second kappa shape index (κ2) is 19.8. The van der Waals surface area contributed by atoms with Gasteiger partial charge in [0, 0.05) is 37.9 Å². The van der Waals surface area contributed by atoms with E-state index in [1.54, 1.807) is 30.3 Å². The lowest BCUT2D eigenvalue weighted by Gasteiger charge is -2.27. The Morgan fingerprint density at radius 3 is 2.52 bits per heavy atom. The second-order valence-corrected chi connectivity index (χ2v) is 14.5. The van der Waals surface area contributed by atoms with Gasteiger partial charge in [-0.3, -0.25) is 39.0 Å². The SMILES string of the molecule is NC(=O)c1nn(-c2ccc(CNCCOCCOCCCc3cccc4c3C(=O)N(C3CCC(=O)NC3=O)C4=O)cc2)cc1NC(=O)c1coc(-c2ccnc(NCC(F)(F)F)c2)n1. The van der Waals surface area contributed by atoms with Crippen molar-refractivity contribution in [2.75, 3.05) is 50.2 Å². The summed E-state index contributed by atoms with van der Waals surface area (Å²) in [6.07, 6.45) is 0.489. The maximum Gasteiger partial charge on any atom is 0.405 e. The highest BCUT2D eigenvalue weighted by Crippen LogP contribution is 2.31. The molecule has 0 aliphatic carbocycles. The van der Waals surface area contributed by atoms with Crippen molar-refractivity contribution in [2.24, 2.45) is 5.73 Å². The summed E-state index contributed by atoms with van der Waals surface area (Å²) in [5.41, 5.74) is 8.16. The number of ether oxygens (including phenoxy) is 2. The van der Waals surface area contributed by atoms with Crippen molar-refractivity contribution >= 4 is 46.9 Å². The summed E-state index contributed by atoms with van der Waals surface area (Å²) >= 11 is 0. The number of pyridine rings is 1. The molecule has 334 valence electrons. The predicted octanol–water partition coefficient (Wildman–Crippen LogP) is 3.40. The number of hydrogen-bond donors (Lipinski definition) is 5. The number of carbonyl (C=O) groups is 6. The van der Waals surface area contributed by atoms with Gasteiger partial charge >= 0.3 is 6.18 Å². The van der Waals surface area contributed by atoms with E-state index in [1.165, 1.54) is 29.2 Å². The van der Waals surface area contributed by atoms with E-state index in [1.807, 2.05) is 12.1 Å². The summed E-state index contributed by atoms with van der Waals surface area (Å²) in [5.74, 6) is -3.93. The first-order valence-electron chi connectivity index (χ1n) is 20.0. The molecular weight excluding hydrogens is 846 g/mol. The number of carbonyl (C=O) groups excluding carboxylic acids is 6. The van der Waals surface area contributed by atoms with Crippen molar-refractivity contribution in [1.29, 1.82) is 0 Å². The molecule has 5 heterocycles. The molecule has 19 nitrogen and oxygen atoms in total. The van der Waals surface area contributed by atoms with E-state index in [0.717, 1.165) is 16.7 Å². The number of alkyl halides is 3. The van der Waals surface area contributed by atoms with Gasteiger partial charge in [0.15, 0.2) is 11.4 Å². The number of benzene rings is 2. The lowest BCUT2D eigenvalue weighted by molar-refractivity contribution is -0.136. The predicted molar refractivity (Wildman–Crippen MR) is 219 cm³/mol. The van der Waals surface area contributed by atoms with Crippen LogP contribution in [-0.2, 0) is 32.0 Å². The van der Waals surface area contributed by atoms with Gasteiger partial charge in [0.25, 0.3) is 23.6 Å². The van der Waals surface area contributed by atoms with Crippen molar-refractivity contribution in [3.63, 3.8) is 0 Å². The quantitative estimate of drug-likeness (QED) is 0.0555. The standard InChI is InChI=1S/C42H41F3N10O9/c43-42(44,45)23-49-32-19-26(12-13-48-32)39-51-30(22-64-39)37(58)50-29-21-54(53-35(29)36(46)57)27-8-6-24(7-9-27)20-47-14-16-63-18-17-62-15-2-4-25-3-1-5-28-34(25)41(61)55(40(28)60)31-10-11-33(56)52-38(31)59/h1,3,5-9,12-13,19,21-22,31,47H,2,4,10-11,14-18,20,23H2,(H2,46,57)(H,48,49)(H,50,58)(H,52,56,59). The van der Waals surface area contributed by atoms with E-state index in [-0.39, 0.29) is 58.3 Å². The smallest absolute Gasteiger partial charge is 0.405 e. The Kier molecular flexibility index (Phi) is 13.9. The highest BCUT2D eigenvalue weighted by atomic mass is 19.4. The molecule has 64 heavy (non-hydrogen) atoms. The Bertz CT molecular complexity index is 2560. The van der Waals surface area contributed by atoms with Gasteiger partial charge in [0.05, 0.1) is 48.5 Å². The molecule has 0 spiro atoms. The average molecular weight is 887 g/mol. The van der Waals surface area contributed by atoms with Gasteiger partial charge in [-0.1, -0.05) is 24.3 Å². The number of nitrogens with two attached hydrogens (primary N) is 1. The number of hydrogen-bond acceptors (Lipinski definition) is 14. The first-order valence-corrected chi connectivity index (χ1v) is 20.0. The van der Waals surface area contributed by atoms with Crippen molar-refractivity contribution in [1.82, 2.24) is 35.3 Å². The van der Waals surface area contributed by atoms with Crippen LogP contribution in [0, 0.1) is 0 Å². The van der Waals surface area contributed by atoms with E-state index >= 15 is 0 Å². The number of nitrogens with zero attached hydrogens (tertiary/aromatic N) is 5. The van der Waals surface area contributed by atoms with Crippen LogP contribution in [0.4, 0.5) is 24.7 Å². The number of aromatic nitrogens is 4. The largest absolute Gasteiger partial charge is 0.444 e. The topological polar surface area (TPSA) is 255 Å². The van der Waals surface area contributed by atoms with Gasteiger partial charge in [-0.05, 0) is 60.7 Å². The van der Waals surface area contributed by atoms with Gasteiger partial charge in [-0.15, -0.1) is 0 Å². The van der Waals surface area contributed by atoms with Crippen molar-refractivity contribution in [3.8, 4) is 17.1 Å². The Labute approximate surface area is 361 Å². The van der Waals surface area contributed by atoms with Crippen LogP contribution in [0.1, 0.15) is 72.1 Å². The fraction of sp³-hybridized carbons (Fsp3) is 0.310. The van der Waals surface area contributed by atoms with Crippen LogP contribution in [0.25, 0.3) is 17.1 Å². The number of rotatable bonds is 20. The number of halogens is 3. The molecule has 2 aromatic carbocycles. The molecule has 0 bridgehead atoms. The second-order valence-electron chi connectivity index (χ2n) is 14.5. The summed E-state index contributed by atoms with van der Waals surface area (Å²) in [4.78, 5) is 84.5. The Morgan fingerprint density at radius 2 is 1.77 bits per heavy atom. The van der Waals surface area contributed by atoms with Crippen LogP contribution in [0.3, 0.4) is 0 Å². The number of fused-ring (bicyclic) bond motifs is 1. The van der Waals surface area contributed by atoms with E-state index in [2.05, 4.69) is 36.3 Å². The molecule has 6 N–H and O–H groups in total. The highest BCUT2D eigenvalue weighted by molar-refractivity contribution is 6.24. The van der Waals surface area contributed by atoms with E-state index < -0.39 is 54.2 Å². The molecule has 7 rings (SSSR count). The molecule has 2 aliphatic rings. The number of imide groups is 2. The Morgan fingerprint density at radius 1 is 0.984 bits per heavy atom. The van der Waals surface area contributed by atoms with Crippen LogP contribution < -0.4 is 27.0 Å². The minimum absolute atomic E-state index is 0.00818. The summed E-state index contributed by atoms with van der Waals surface area (Å²) in [6, 6.07) is 14.0. The fourth-order valence-electron chi connectivity index (χ4n) is 6.95. The Hall–Kier alpha value is -7.30. The molecular formula is C42H41F3N10O9. The first-order chi connectivity index (χ1) is 30.8. The van der Waals surface area contributed by atoms with Gasteiger partial charge < -0.3 is 35.6 Å². The van der Waals surface area contributed by atoms with E-state index in [0.29, 0.717) is 63.6 Å². The summed E-state index contributed by atoms with van der Waals surface area (Å²) < 4.78 is 55.9. The molecule has 1 atom stereocenters. The minimum atomic E-state index is -4.45. The zero-order chi connectivity index (χ0) is 45.4. The van der Waals surface area contributed by atoms with Crippen LogP contribution in [0.5, 0.6) is 0 Å². The summed E-state index contributed by atoms with van der Waals surface area (Å²) in [7, 11) is 0. The molecule has 1 unspecified atom stereocenters. The number of amides is 6. The fourth-order valence-corrected chi connectivity index (χ4v) is 6.95. The zero-order valence-electron chi connectivity index (χ0n) is 33.9. The Balaban J connectivity index is 0.802. The number of primary amides is 1. The first kappa shape index (κ1) is 44.7. The number of anilines is 2. The molecule has 0 saturated carbocycles. The third kappa shape index (κ3) is 10.8. The number of piperidine rings is 1. The molecule has 22 heteroatoms. The van der Waals surface area contributed by atoms with E-state index in [9.17, 15) is 41.9 Å². The highest BCUT2D eigenvalue weighted by Gasteiger charge is 2.45. The zero-order valence-corrected chi connectivity index (χ0v) is 33.9. The maximum atomic E-state index is 13.3. The molecule has 1 fully saturated rings. The van der Waals surface area contributed by atoms with E-state index in [4.69, 9.17) is 19.6 Å². The van der Waals surface area contributed by atoms with Gasteiger partial charge in [0.1, 0.15) is 24.7 Å². The van der Waals surface area contributed by atoms with Crippen LogP contribution >= 0.6 is 0 Å². The third-order valence-corrected chi connectivity index (χ3v) is 10.0. The molecule has 1 saturated heterocycles. The van der Waals surface area contributed by atoms with Crippen LogP contribution in [0.15, 0.2) is 77.7 Å². The van der Waals surface area contributed by atoms with Crippen molar-refractivity contribution in [3.05, 3.63) is 107 Å². The molecule has 0 radical (unpaired) electrons. The lowest BCUT2D eigenvalue weighted by Crippen LogP contribution is -2.54. The summed E-state index contributed by atoms with van der Waals surface area (Å²) in [6.45, 7) is 1.35. The number of aryl methyl sites for hydroxylation is 1. The van der Waals surface area contributed by atoms with Crippen LogP contribution in [0.2, 0.25) is 0 Å². The lowest BCUT2D eigenvalue weighted by atomic mass is 9.99. The number of nitrogens with one attached hydrogen (secondary N) is 4. The van der Waals surface area contributed by atoms with Crippen LogP contribution in [-0.4, -0.2) is 112 Å². The minimum Gasteiger partial charge on any atom is -0.444 e. The summed E-state index contributed by atoms with van der Waals surface area (Å²) in [5, 5.41) is 14.4. The third-order valence-electron chi connectivity index (χ3n) is 10.0. The molecule has 3 aromatic heterocycles. The molecule has 5 aromatic rings.